The lowest BCUT2D eigenvalue weighted by Crippen LogP contribution is -2.35. The second-order valence-corrected chi connectivity index (χ2v) is 4.00. The van der Waals surface area contributed by atoms with Crippen molar-refractivity contribution in [2.24, 2.45) is 0 Å². The van der Waals surface area contributed by atoms with Gasteiger partial charge in [-0.1, -0.05) is 30.3 Å². The van der Waals surface area contributed by atoms with Crippen molar-refractivity contribution in [1.29, 1.82) is 0 Å². The van der Waals surface area contributed by atoms with Crippen molar-refractivity contribution in [2.45, 2.75) is 18.4 Å². The molecule has 1 fully saturated rings. The topological polar surface area (TPSA) is 57.6 Å². The Labute approximate surface area is 93.5 Å². The van der Waals surface area contributed by atoms with E-state index in [1.807, 2.05) is 30.3 Å². The number of carboxylic acids is 1. The molecule has 0 bridgehead atoms. The number of hydrogen-bond donors (Lipinski definition) is 1. The Morgan fingerprint density at radius 2 is 2.00 bits per heavy atom. The van der Waals surface area contributed by atoms with Gasteiger partial charge < -0.3 is 10.0 Å². The van der Waals surface area contributed by atoms with Crippen molar-refractivity contribution in [3.8, 4) is 0 Å². The van der Waals surface area contributed by atoms with Crippen LogP contribution in [0.25, 0.3) is 0 Å². The molecule has 1 N–H and O–H groups in total. The molecular formula is C12H13NO3. The molecule has 0 radical (unpaired) electrons. The van der Waals surface area contributed by atoms with Gasteiger partial charge in [-0.3, -0.25) is 4.79 Å². The van der Waals surface area contributed by atoms with Gasteiger partial charge in [-0.15, -0.1) is 0 Å². The number of likely N-dealkylation sites (tertiary alicyclic amines) is 1. The van der Waals surface area contributed by atoms with Crippen LogP contribution in [0.3, 0.4) is 0 Å². The van der Waals surface area contributed by atoms with Gasteiger partial charge in [-0.05, 0) is 12.0 Å². The van der Waals surface area contributed by atoms with E-state index >= 15 is 0 Å². The summed E-state index contributed by atoms with van der Waals surface area (Å²) in [7, 11) is 1.55. The van der Waals surface area contributed by atoms with Crippen molar-refractivity contribution in [3.63, 3.8) is 0 Å². The zero-order valence-electron chi connectivity index (χ0n) is 8.96. The highest BCUT2D eigenvalue weighted by atomic mass is 16.4. The zero-order chi connectivity index (χ0) is 11.7. The first kappa shape index (κ1) is 10.7. The first-order valence-electron chi connectivity index (χ1n) is 5.15. The number of aliphatic carboxylic acids is 1. The molecule has 1 amide bonds. The molecule has 0 aromatic heterocycles. The Morgan fingerprint density at radius 3 is 2.50 bits per heavy atom. The zero-order valence-corrected chi connectivity index (χ0v) is 8.96. The summed E-state index contributed by atoms with van der Waals surface area (Å²) < 4.78 is 0. The fraction of sp³-hybridized carbons (Fsp3) is 0.333. The largest absolute Gasteiger partial charge is 0.480 e. The minimum Gasteiger partial charge on any atom is -0.480 e. The lowest BCUT2D eigenvalue weighted by molar-refractivity contribution is -0.145. The first-order valence-corrected chi connectivity index (χ1v) is 5.15. The van der Waals surface area contributed by atoms with Gasteiger partial charge in [0, 0.05) is 7.05 Å². The summed E-state index contributed by atoms with van der Waals surface area (Å²) in [6.45, 7) is 0. The van der Waals surface area contributed by atoms with Crippen LogP contribution in [0.4, 0.5) is 0 Å². The van der Waals surface area contributed by atoms with E-state index in [0.717, 1.165) is 5.56 Å². The van der Waals surface area contributed by atoms with Crippen molar-refractivity contribution >= 4 is 11.9 Å². The molecule has 0 aliphatic carbocycles. The van der Waals surface area contributed by atoms with Crippen LogP contribution in [-0.2, 0) is 9.59 Å². The molecule has 2 unspecified atom stereocenters. The molecule has 1 heterocycles. The average Bonchev–Trinajstić information content (AvgIpc) is 2.58. The van der Waals surface area contributed by atoms with Gasteiger partial charge in [0.1, 0.15) is 6.04 Å². The summed E-state index contributed by atoms with van der Waals surface area (Å²) >= 11 is 0. The number of nitrogens with zero attached hydrogens (tertiary/aromatic N) is 1. The number of benzene rings is 1. The monoisotopic (exact) mass is 219 g/mol. The standard InChI is InChI=1S/C12H13NO3/c1-13-10(12(15)16)7-9(11(13)14)8-5-3-2-4-6-8/h2-6,9-10H,7H2,1H3,(H,15,16). The van der Waals surface area contributed by atoms with Crippen molar-refractivity contribution < 1.29 is 14.7 Å². The Kier molecular flexibility index (Phi) is 2.64. The molecule has 2 rings (SSSR count). The number of likely N-dealkylation sites (N-methyl/N-ethyl adjacent to an activating group) is 1. The summed E-state index contributed by atoms with van der Waals surface area (Å²) in [6, 6.07) is 8.62. The molecule has 4 heteroatoms. The number of carbonyl (C=O) groups excluding carboxylic acids is 1. The second-order valence-electron chi connectivity index (χ2n) is 4.00. The van der Waals surface area contributed by atoms with E-state index < -0.39 is 12.0 Å². The van der Waals surface area contributed by atoms with Crippen LogP contribution in [-0.4, -0.2) is 35.0 Å². The van der Waals surface area contributed by atoms with Crippen molar-refractivity contribution in [3.05, 3.63) is 35.9 Å². The molecule has 16 heavy (non-hydrogen) atoms. The lowest BCUT2D eigenvalue weighted by Gasteiger charge is -2.14. The summed E-state index contributed by atoms with van der Waals surface area (Å²) in [6.07, 6.45) is 0.356. The predicted molar refractivity (Wildman–Crippen MR) is 58.0 cm³/mol. The minimum absolute atomic E-state index is 0.112. The second kappa shape index (κ2) is 3.96. The fourth-order valence-electron chi connectivity index (χ4n) is 2.11. The molecule has 1 saturated heterocycles. The minimum atomic E-state index is -0.936. The van der Waals surface area contributed by atoms with E-state index in [9.17, 15) is 9.59 Å². The Morgan fingerprint density at radius 1 is 1.38 bits per heavy atom. The highest BCUT2D eigenvalue weighted by Gasteiger charge is 2.41. The predicted octanol–water partition coefficient (Wildman–Crippen LogP) is 1.09. The number of amides is 1. The van der Waals surface area contributed by atoms with E-state index in [1.165, 1.54) is 4.90 Å². The van der Waals surface area contributed by atoms with E-state index in [2.05, 4.69) is 0 Å². The molecule has 1 aromatic rings. The van der Waals surface area contributed by atoms with Gasteiger partial charge in [0.05, 0.1) is 5.92 Å². The Bertz CT molecular complexity index is 416. The molecule has 0 saturated carbocycles. The maximum atomic E-state index is 11.9. The Balaban J connectivity index is 2.26. The number of carboxylic acid groups (broad SMARTS) is 1. The molecule has 84 valence electrons. The number of rotatable bonds is 2. The molecule has 4 nitrogen and oxygen atoms in total. The molecule has 1 aliphatic rings. The van der Waals surface area contributed by atoms with Gasteiger partial charge in [0.25, 0.3) is 0 Å². The van der Waals surface area contributed by atoms with Gasteiger partial charge in [0.15, 0.2) is 0 Å². The lowest BCUT2D eigenvalue weighted by atomic mass is 9.96. The fourth-order valence-corrected chi connectivity index (χ4v) is 2.11. The molecular weight excluding hydrogens is 206 g/mol. The SMILES string of the molecule is CN1C(=O)C(c2ccccc2)CC1C(=O)O. The summed E-state index contributed by atoms with van der Waals surface area (Å²) in [5, 5.41) is 8.97. The highest BCUT2D eigenvalue weighted by molar-refractivity contribution is 5.92. The van der Waals surface area contributed by atoms with Crippen LogP contribution < -0.4 is 0 Å². The third-order valence-electron chi connectivity index (χ3n) is 3.06. The summed E-state index contributed by atoms with van der Waals surface area (Å²) in [4.78, 5) is 24.1. The average molecular weight is 219 g/mol. The van der Waals surface area contributed by atoms with Crippen LogP contribution in [0, 0.1) is 0 Å². The molecule has 1 aliphatic heterocycles. The van der Waals surface area contributed by atoms with Crippen molar-refractivity contribution in [1.82, 2.24) is 4.90 Å². The van der Waals surface area contributed by atoms with Crippen LogP contribution >= 0.6 is 0 Å². The van der Waals surface area contributed by atoms with Crippen LogP contribution in [0.15, 0.2) is 30.3 Å². The Hall–Kier alpha value is -1.84. The van der Waals surface area contributed by atoms with Crippen LogP contribution in [0.2, 0.25) is 0 Å². The summed E-state index contributed by atoms with van der Waals surface area (Å²) in [5.41, 5.74) is 0.892. The number of hydrogen-bond acceptors (Lipinski definition) is 2. The molecule has 1 aromatic carbocycles. The third kappa shape index (κ3) is 1.66. The van der Waals surface area contributed by atoms with E-state index in [4.69, 9.17) is 5.11 Å². The quantitative estimate of drug-likeness (QED) is 0.809. The first-order chi connectivity index (χ1) is 7.61. The van der Waals surface area contributed by atoms with Gasteiger partial charge in [0.2, 0.25) is 5.91 Å². The summed E-state index contributed by atoms with van der Waals surface area (Å²) in [5.74, 6) is -1.36. The maximum Gasteiger partial charge on any atom is 0.326 e. The van der Waals surface area contributed by atoms with E-state index in [0.29, 0.717) is 6.42 Å². The van der Waals surface area contributed by atoms with E-state index in [-0.39, 0.29) is 11.8 Å². The normalized spacial score (nSPS) is 24.8. The van der Waals surface area contributed by atoms with Gasteiger partial charge in [-0.2, -0.15) is 0 Å². The van der Waals surface area contributed by atoms with Crippen LogP contribution in [0.1, 0.15) is 17.9 Å². The highest BCUT2D eigenvalue weighted by Crippen LogP contribution is 2.31. The molecule has 0 spiro atoms. The molecule has 2 atom stereocenters. The van der Waals surface area contributed by atoms with E-state index in [1.54, 1.807) is 7.05 Å². The third-order valence-corrected chi connectivity index (χ3v) is 3.06. The van der Waals surface area contributed by atoms with Gasteiger partial charge >= 0.3 is 5.97 Å². The van der Waals surface area contributed by atoms with Crippen LogP contribution in [0.5, 0.6) is 0 Å². The van der Waals surface area contributed by atoms with Crippen molar-refractivity contribution in [2.75, 3.05) is 7.05 Å². The van der Waals surface area contributed by atoms with Gasteiger partial charge in [-0.25, -0.2) is 4.79 Å². The smallest absolute Gasteiger partial charge is 0.326 e. The maximum absolute atomic E-state index is 11.9. The number of carbonyl (C=O) groups is 2.